The second-order valence-electron chi connectivity index (χ2n) is 12.8. The molecular formula is C35H51N5O9. The summed E-state index contributed by atoms with van der Waals surface area (Å²) >= 11 is 0. The summed E-state index contributed by atoms with van der Waals surface area (Å²) < 4.78 is 22.4. The number of primary amides is 2. The zero-order chi connectivity index (χ0) is 36.2. The summed E-state index contributed by atoms with van der Waals surface area (Å²) in [6.45, 7) is 10.1. The van der Waals surface area contributed by atoms with Gasteiger partial charge in [0.2, 0.25) is 11.6 Å². The van der Waals surface area contributed by atoms with Gasteiger partial charge in [-0.25, -0.2) is 9.59 Å². The molecule has 49 heavy (non-hydrogen) atoms. The van der Waals surface area contributed by atoms with E-state index in [2.05, 4.69) is 15.5 Å². The number of methoxy groups -OCH3 is 2. The molecule has 6 N–H and O–H groups in total. The number of rotatable bonds is 8. The molecule has 0 aromatic rings. The van der Waals surface area contributed by atoms with Gasteiger partial charge in [0, 0.05) is 50.4 Å². The number of nitrogens with two attached hydrogens (primary N) is 2. The van der Waals surface area contributed by atoms with Gasteiger partial charge in [-0.1, -0.05) is 38.2 Å². The number of hydrogen-bond acceptors (Lipinski definition) is 11. The monoisotopic (exact) mass is 685 g/mol. The molecular weight excluding hydrogens is 634 g/mol. The van der Waals surface area contributed by atoms with E-state index in [1.54, 1.807) is 39.0 Å². The van der Waals surface area contributed by atoms with Crippen LogP contribution >= 0.6 is 0 Å². The highest BCUT2D eigenvalue weighted by atomic mass is 16.6. The van der Waals surface area contributed by atoms with Crippen LogP contribution in [0.2, 0.25) is 0 Å². The smallest absolute Gasteiger partial charge is 0.405 e. The maximum absolute atomic E-state index is 13.9. The van der Waals surface area contributed by atoms with Crippen LogP contribution in [-0.2, 0) is 33.3 Å². The summed E-state index contributed by atoms with van der Waals surface area (Å²) in [4.78, 5) is 66.9. The molecule has 0 aromatic heterocycles. The van der Waals surface area contributed by atoms with Crippen molar-refractivity contribution in [2.45, 2.75) is 77.8 Å². The predicted molar refractivity (Wildman–Crippen MR) is 182 cm³/mol. The Labute approximate surface area is 287 Å². The molecule has 2 bridgehead atoms. The lowest BCUT2D eigenvalue weighted by atomic mass is 9.85. The lowest BCUT2D eigenvalue weighted by molar-refractivity contribution is -0.120. The van der Waals surface area contributed by atoms with Gasteiger partial charge in [0.1, 0.15) is 12.2 Å². The fourth-order valence-electron chi connectivity index (χ4n) is 6.43. The van der Waals surface area contributed by atoms with Crippen molar-refractivity contribution in [3.05, 3.63) is 58.5 Å². The van der Waals surface area contributed by atoms with Crippen molar-refractivity contribution in [2.24, 2.45) is 23.3 Å². The Morgan fingerprint density at radius 1 is 1.02 bits per heavy atom. The van der Waals surface area contributed by atoms with E-state index in [1.807, 2.05) is 6.92 Å². The molecule has 6 atom stereocenters. The first kappa shape index (κ1) is 39.2. The molecule has 3 rings (SSSR count). The van der Waals surface area contributed by atoms with Crippen LogP contribution in [0.25, 0.3) is 0 Å². The Balaban J connectivity index is 2.08. The van der Waals surface area contributed by atoms with Gasteiger partial charge < -0.3 is 45.9 Å². The number of amides is 3. The minimum Gasteiger partial charge on any atom is -0.443 e. The summed E-state index contributed by atoms with van der Waals surface area (Å²) in [6.07, 6.45) is 4.82. The molecule has 1 saturated heterocycles. The first-order chi connectivity index (χ1) is 23.2. The summed E-state index contributed by atoms with van der Waals surface area (Å²) in [5.74, 6) is -2.24. The van der Waals surface area contributed by atoms with E-state index in [0.29, 0.717) is 18.5 Å². The largest absolute Gasteiger partial charge is 0.443 e. The highest BCUT2D eigenvalue weighted by molar-refractivity contribution is 6.23. The van der Waals surface area contributed by atoms with Crippen LogP contribution in [0, 0.1) is 11.8 Å². The molecule has 6 unspecified atom stereocenters. The molecule has 270 valence electrons. The van der Waals surface area contributed by atoms with Gasteiger partial charge in [0.05, 0.1) is 17.5 Å². The highest BCUT2D eigenvalue weighted by Gasteiger charge is 2.35. The summed E-state index contributed by atoms with van der Waals surface area (Å²) in [5.41, 5.74) is 12.0. The Hall–Kier alpha value is -4.27. The number of Topliss-reactive ketones (excluding diaryl/α,β-unsaturated/α-hetero) is 1. The Kier molecular flexibility index (Phi) is 14.8. The molecule has 2 aliphatic heterocycles. The van der Waals surface area contributed by atoms with Crippen molar-refractivity contribution in [3.8, 4) is 0 Å². The molecule has 0 aromatic carbocycles. The minimum atomic E-state index is -1.03. The van der Waals surface area contributed by atoms with Gasteiger partial charge in [-0.3, -0.25) is 14.4 Å². The van der Waals surface area contributed by atoms with Crippen molar-refractivity contribution in [2.75, 3.05) is 40.4 Å². The van der Waals surface area contributed by atoms with Crippen LogP contribution in [-0.4, -0.2) is 99.4 Å². The first-order valence-electron chi connectivity index (χ1n) is 16.6. The molecule has 14 heteroatoms. The number of allylic oxidation sites excluding steroid dienone is 4. The maximum Gasteiger partial charge on any atom is 0.405 e. The zero-order valence-corrected chi connectivity index (χ0v) is 29.3. The Morgan fingerprint density at radius 3 is 2.31 bits per heavy atom. The van der Waals surface area contributed by atoms with Crippen molar-refractivity contribution in [3.63, 3.8) is 0 Å². The number of carbonyl (C=O) groups is 5. The number of ketones is 2. The number of nitrogens with one attached hydrogen (secondary N) is 2. The van der Waals surface area contributed by atoms with Crippen LogP contribution in [0.3, 0.4) is 0 Å². The van der Waals surface area contributed by atoms with Gasteiger partial charge in [0.25, 0.3) is 5.91 Å². The molecule has 0 radical (unpaired) electrons. The summed E-state index contributed by atoms with van der Waals surface area (Å²) in [5, 5.41) is 5.81. The first-order valence-corrected chi connectivity index (χ1v) is 16.6. The van der Waals surface area contributed by atoms with E-state index < -0.39 is 60.0 Å². The van der Waals surface area contributed by atoms with Crippen LogP contribution in [0.1, 0.15) is 53.4 Å². The van der Waals surface area contributed by atoms with Crippen LogP contribution in [0.15, 0.2) is 58.5 Å². The van der Waals surface area contributed by atoms with Crippen molar-refractivity contribution in [1.29, 1.82) is 0 Å². The third-order valence-electron chi connectivity index (χ3n) is 8.94. The van der Waals surface area contributed by atoms with Gasteiger partial charge >= 0.3 is 12.2 Å². The molecule has 14 nitrogen and oxygen atoms in total. The van der Waals surface area contributed by atoms with Crippen LogP contribution in [0.5, 0.6) is 0 Å². The van der Waals surface area contributed by atoms with Gasteiger partial charge in [-0.2, -0.15) is 0 Å². The Bertz CT molecular complexity index is 1410. The third kappa shape index (κ3) is 11.1. The van der Waals surface area contributed by atoms with E-state index in [-0.39, 0.29) is 34.9 Å². The number of carbonyl (C=O) groups excluding carboxylic acids is 5. The normalized spacial score (nSPS) is 30.7. The van der Waals surface area contributed by atoms with Crippen LogP contribution in [0.4, 0.5) is 9.59 Å². The molecule has 0 spiro atoms. The molecule has 3 amide bonds. The molecule has 3 aliphatic rings. The fraction of sp³-hybridized carbons (Fsp3) is 0.571. The SMILES string of the molecule is COC1/C=C/C=C(/C)C(=O)NC2=CC(=O)C(NCCN3CCCC3)=C(CC(C)CC(OC)C(OC(N)=O)C(C)/C=C(/C)C1OC(N)=O)C2=O. The van der Waals surface area contributed by atoms with E-state index in [9.17, 15) is 24.0 Å². The average molecular weight is 686 g/mol. The average Bonchev–Trinajstić information content (AvgIpc) is 3.56. The van der Waals surface area contributed by atoms with E-state index >= 15 is 0 Å². The molecule has 1 aliphatic carbocycles. The highest BCUT2D eigenvalue weighted by Crippen LogP contribution is 2.30. The van der Waals surface area contributed by atoms with Crippen LogP contribution < -0.4 is 22.1 Å². The topological polar surface area (TPSA) is 202 Å². The number of nitrogens with zero attached hydrogens (tertiary/aromatic N) is 1. The van der Waals surface area contributed by atoms with Crippen molar-refractivity contribution in [1.82, 2.24) is 15.5 Å². The second-order valence-corrected chi connectivity index (χ2v) is 12.8. The quantitative estimate of drug-likeness (QED) is 0.216. The standard InChI is InChI=1S/C35H51N5O9/c1-20-16-24-29(38-12-15-40-13-7-8-14-40)26(41)19-25(30(24)42)39-33(43)21(2)10-9-11-27(46-5)31(48-34(36)44)22(3)18-23(4)32(49-35(37)45)28(17-20)47-6/h9-11,18-20,23,27-28,31-32,38H,7-8,12-17H2,1-6H3,(H2,36,44)(H2,37,45)(H,39,43)/b11-9+,21-10-,22-18-. The number of ether oxygens (including phenoxy) is 4. The molecule has 1 fully saturated rings. The zero-order valence-electron chi connectivity index (χ0n) is 29.3. The van der Waals surface area contributed by atoms with Gasteiger partial charge in [0.15, 0.2) is 6.10 Å². The van der Waals surface area contributed by atoms with E-state index in [0.717, 1.165) is 38.6 Å². The van der Waals surface area contributed by atoms with Gasteiger partial charge in [-0.05, 0) is 64.1 Å². The minimum absolute atomic E-state index is 0.131. The molecule has 0 saturated carbocycles. The third-order valence-corrected chi connectivity index (χ3v) is 8.94. The lowest BCUT2D eigenvalue weighted by Gasteiger charge is -2.32. The number of fused-ring (bicyclic) bond motifs is 2. The fourth-order valence-corrected chi connectivity index (χ4v) is 6.43. The summed E-state index contributed by atoms with van der Waals surface area (Å²) in [6, 6.07) is 0. The molecule has 2 heterocycles. The van der Waals surface area contributed by atoms with Crippen molar-refractivity contribution < 1.29 is 42.9 Å². The van der Waals surface area contributed by atoms with Gasteiger partial charge in [-0.15, -0.1) is 0 Å². The maximum atomic E-state index is 13.9. The summed E-state index contributed by atoms with van der Waals surface area (Å²) in [7, 11) is 2.89. The predicted octanol–water partition coefficient (Wildman–Crippen LogP) is 2.55. The number of likely N-dealkylation sites (tertiary alicyclic amines) is 1. The Morgan fingerprint density at radius 2 is 1.69 bits per heavy atom. The van der Waals surface area contributed by atoms with E-state index in [1.165, 1.54) is 20.3 Å². The lowest BCUT2D eigenvalue weighted by Crippen LogP contribution is -2.41. The van der Waals surface area contributed by atoms with Crippen molar-refractivity contribution >= 4 is 29.7 Å². The van der Waals surface area contributed by atoms with E-state index in [4.69, 9.17) is 30.4 Å². The second kappa shape index (κ2) is 18.5. The number of hydrogen-bond donors (Lipinski definition) is 4.